The number of nitrogens with zero attached hydrogens (tertiary/aromatic N) is 1. The molecule has 1 saturated carbocycles. The van der Waals surface area contributed by atoms with Crippen LogP contribution < -0.4 is 10.1 Å². The summed E-state index contributed by atoms with van der Waals surface area (Å²) >= 11 is 0. The number of rotatable bonds is 5. The molecule has 0 spiro atoms. The lowest BCUT2D eigenvalue weighted by Gasteiger charge is -2.31. The first kappa shape index (κ1) is 14.4. The highest BCUT2D eigenvalue weighted by Crippen LogP contribution is 2.32. The molecule has 0 bridgehead atoms. The zero-order valence-corrected chi connectivity index (χ0v) is 12.7. The standard InChI is InChI=1S/C17H24N2O2/c1-21-16-5-3-2-4-15(16)18-17(20)12-13-8-10-19(11-9-13)14-6-7-14/h2-5,13-14H,6-12H2,1H3,(H,18,20). The Morgan fingerprint density at radius 1 is 1.24 bits per heavy atom. The molecule has 1 aromatic rings. The predicted molar refractivity (Wildman–Crippen MR) is 83.6 cm³/mol. The first-order chi connectivity index (χ1) is 10.3. The SMILES string of the molecule is COc1ccccc1NC(=O)CC1CCN(C2CC2)CC1. The van der Waals surface area contributed by atoms with Crippen LogP contribution in [0.15, 0.2) is 24.3 Å². The molecule has 2 aliphatic rings. The molecule has 114 valence electrons. The van der Waals surface area contributed by atoms with Crippen molar-refractivity contribution in [2.45, 2.75) is 38.1 Å². The Morgan fingerprint density at radius 3 is 2.62 bits per heavy atom. The van der Waals surface area contributed by atoms with Crippen LogP contribution in [-0.4, -0.2) is 37.0 Å². The minimum atomic E-state index is 0.101. The van der Waals surface area contributed by atoms with E-state index in [9.17, 15) is 4.79 Å². The molecule has 1 aliphatic heterocycles. The van der Waals surface area contributed by atoms with E-state index in [0.717, 1.165) is 43.4 Å². The quantitative estimate of drug-likeness (QED) is 0.906. The fraction of sp³-hybridized carbons (Fsp3) is 0.588. The van der Waals surface area contributed by atoms with Gasteiger partial charge in [-0.25, -0.2) is 0 Å². The number of amides is 1. The van der Waals surface area contributed by atoms with Gasteiger partial charge in [0.2, 0.25) is 5.91 Å². The highest BCUT2D eigenvalue weighted by atomic mass is 16.5. The zero-order chi connectivity index (χ0) is 14.7. The number of hydrogen-bond donors (Lipinski definition) is 1. The maximum absolute atomic E-state index is 12.2. The number of anilines is 1. The molecule has 21 heavy (non-hydrogen) atoms. The molecule has 0 unspecified atom stereocenters. The Bertz CT molecular complexity index is 491. The van der Waals surface area contributed by atoms with Gasteiger partial charge in [-0.2, -0.15) is 0 Å². The van der Waals surface area contributed by atoms with Crippen LogP contribution in [0.4, 0.5) is 5.69 Å². The molecule has 0 radical (unpaired) electrons. The molecule has 1 saturated heterocycles. The van der Waals surface area contributed by atoms with E-state index in [1.807, 2.05) is 24.3 Å². The molecule has 2 fully saturated rings. The van der Waals surface area contributed by atoms with Crippen molar-refractivity contribution < 1.29 is 9.53 Å². The van der Waals surface area contributed by atoms with Gasteiger partial charge in [0.1, 0.15) is 5.75 Å². The summed E-state index contributed by atoms with van der Waals surface area (Å²) in [5, 5.41) is 2.98. The maximum Gasteiger partial charge on any atom is 0.224 e. The third-order valence-electron chi connectivity index (χ3n) is 4.57. The van der Waals surface area contributed by atoms with Crippen molar-refractivity contribution in [3.8, 4) is 5.75 Å². The second kappa shape index (κ2) is 6.48. The second-order valence-electron chi connectivity index (χ2n) is 6.16. The third-order valence-corrected chi connectivity index (χ3v) is 4.57. The van der Waals surface area contributed by atoms with Crippen LogP contribution in [0.1, 0.15) is 32.1 Å². The summed E-state index contributed by atoms with van der Waals surface area (Å²) in [4.78, 5) is 14.8. The number of hydrogen-bond acceptors (Lipinski definition) is 3. The van der Waals surface area contributed by atoms with Crippen LogP contribution >= 0.6 is 0 Å². The average Bonchev–Trinajstić information content (AvgIpc) is 3.33. The van der Waals surface area contributed by atoms with Crippen LogP contribution in [0.3, 0.4) is 0 Å². The van der Waals surface area contributed by atoms with E-state index in [1.54, 1.807) is 7.11 Å². The van der Waals surface area contributed by atoms with Crippen molar-refractivity contribution in [2.24, 2.45) is 5.92 Å². The Morgan fingerprint density at radius 2 is 1.95 bits per heavy atom. The van der Waals surface area contributed by atoms with Gasteiger partial charge in [0.05, 0.1) is 12.8 Å². The molecule has 4 heteroatoms. The molecule has 3 rings (SSSR count). The van der Waals surface area contributed by atoms with Crippen LogP contribution in [-0.2, 0) is 4.79 Å². The minimum Gasteiger partial charge on any atom is -0.495 e. The topological polar surface area (TPSA) is 41.6 Å². The molecular formula is C17H24N2O2. The van der Waals surface area contributed by atoms with E-state index in [2.05, 4.69) is 10.2 Å². The van der Waals surface area contributed by atoms with Gasteiger partial charge < -0.3 is 15.0 Å². The van der Waals surface area contributed by atoms with Gasteiger partial charge in [0.25, 0.3) is 0 Å². The van der Waals surface area contributed by atoms with Crippen molar-refractivity contribution in [1.29, 1.82) is 0 Å². The number of para-hydroxylation sites is 2. The van der Waals surface area contributed by atoms with E-state index >= 15 is 0 Å². The average molecular weight is 288 g/mol. The number of ether oxygens (including phenoxy) is 1. The highest BCUT2D eigenvalue weighted by Gasteiger charge is 2.32. The number of likely N-dealkylation sites (tertiary alicyclic amines) is 1. The van der Waals surface area contributed by atoms with Crippen LogP contribution in [0, 0.1) is 5.92 Å². The van der Waals surface area contributed by atoms with Crippen LogP contribution in [0.25, 0.3) is 0 Å². The molecule has 4 nitrogen and oxygen atoms in total. The lowest BCUT2D eigenvalue weighted by Crippen LogP contribution is -2.36. The monoisotopic (exact) mass is 288 g/mol. The first-order valence-corrected chi connectivity index (χ1v) is 7.93. The van der Waals surface area contributed by atoms with Gasteiger partial charge in [-0.3, -0.25) is 4.79 Å². The van der Waals surface area contributed by atoms with Crippen LogP contribution in [0.2, 0.25) is 0 Å². The number of piperidine rings is 1. The summed E-state index contributed by atoms with van der Waals surface area (Å²) in [6.45, 7) is 2.33. The summed E-state index contributed by atoms with van der Waals surface area (Å²) in [6, 6.07) is 8.41. The van der Waals surface area contributed by atoms with E-state index < -0.39 is 0 Å². The van der Waals surface area contributed by atoms with Crippen molar-refractivity contribution in [1.82, 2.24) is 4.90 Å². The molecule has 1 aromatic carbocycles. The Hall–Kier alpha value is -1.55. The molecule has 0 aromatic heterocycles. The molecular weight excluding hydrogens is 264 g/mol. The summed E-state index contributed by atoms with van der Waals surface area (Å²) in [7, 11) is 1.62. The van der Waals surface area contributed by atoms with Crippen molar-refractivity contribution in [3.63, 3.8) is 0 Å². The summed E-state index contributed by atoms with van der Waals surface area (Å²) in [6.07, 6.45) is 5.67. The molecule has 1 heterocycles. The molecule has 1 amide bonds. The highest BCUT2D eigenvalue weighted by molar-refractivity contribution is 5.92. The fourth-order valence-corrected chi connectivity index (χ4v) is 3.17. The maximum atomic E-state index is 12.2. The minimum absolute atomic E-state index is 0.101. The number of nitrogens with one attached hydrogen (secondary N) is 1. The predicted octanol–water partition coefficient (Wildman–Crippen LogP) is 2.90. The van der Waals surface area contributed by atoms with Gasteiger partial charge in [0.15, 0.2) is 0 Å². The van der Waals surface area contributed by atoms with E-state index in [1.165, 1.54) is 12.8 Å². The fourth-order valence-electron chi connectivity index (χ4n) is 3.17. The molecule has 0 atom stereocenters. The number of carbonyl (C=O) groups excluding carboxylic acids is 1. The van der Waals surface area contributed by atoms with Gasteiger partial charge in [-0.05, 0) is 56.8 Å². The van der Waals surface area contributed by atoms with E-state index in [0.29, 0.717) is 12.3 Å². The normalized spacial score (nSPS) is 20.2. The first-order valence-electron chi connectivity index (χ1n) is 7.93. The summed E-state index contributed by atoms with van der Waals surface area (Å²) < 4.78 is 5.26. The third kappa shape index (κ3) is 3.76. The van der Waals surface area contributed by atoms with Crippen molar-refractivity contribution in [3.05, 3.63) is 24.3 Å². The molecule has 1 N–H and O–H groups in total. The van der Waals surface area contributed by atoms with Gasteiger partial charge in [0, 0.05) is 12.5 Å². The summed E-state index contributed by atoms with van der Waals surface area (Å²) in [5.41, 5.74) is 0.764. The zero-order valence-electron chi connectivity index (χ0n) is 12.7. The number of carbonyl (C=O) groups is 1. The second-order valence-corrected chi connectivity index (χ2v) is 6.16. The van der Waals surface area contributed by atoms with Crippen LogP contribution in [0.5, 0.6) is 5.75 Å². The van der Waals surface area contributed by atoms with E-state index in [4.69, 9.17) is 4.74 Å². The number of benzene rings is 1. The summed E-state index contributed by atoms with van der Waals surface area (Å²) in [5.74, 6) is 1.34. The van der Waals surface area contributed by atoms with E-state index in [-0.39, 0.29) is 5.91 Å². The van der Waals surface area contributed by atoms with Gasteiger partial charge in [-0.1, -0.05) is 12.1 Å². The van der Waals surface area contributed by atoms with Gasteiger partial charge in [-0.15, -0.1) is 0 Å². The Balaban J connectivity index is 1.48. The Labute approximate surface area is 126 Å². The smallest absolute Gasteiger partial charge is 0.224 e. The Kier molecular flexibility index (Phi) is 4.44. The van der Waals surface area contributed by atoms with Gasteiger partial charge >= 0.3 is 0 Å². The van der Waals surface area contributed by atoms with Crippen molar-refractivity contribution in [2.75, 3.05) is 25.5 Å². The largest absolute Gasteiger partial charge is 0.495 e. The van der Waals surface area contributed by atoms with Crippen molar-refractivity contribution >= 4 is 11.6 Å². The lowest BCUT2D eigenvalue weighted by atomic mass is 9.93. The lowest BCUT2D eigenvalue weighted by molar-refractivity contribution is -0.117. The molecule has 1 aliphatic carbocycles. The number of methoxy groups -OCH3 is 1.